The van der Waals surface area contributed by atoms with Gasteiger partial charge in [-0.2, -0.15) is 0 Å². The maximum absolute atomic E-state index is 12.5. The van der Waals surface area contributed by atoms with Gasteiger partial charge in [-0.3, -0.25) is 9.59 Å². The lowest BCUT2D eigenvalue weighted by molar-refractivity contribution is -0.115. The first kappa shape index (κ1) is 17.9. The molecule has 0 radical (unpaired) electrons. The van der Waals surface area contributed by atoms with Gasteiger partial charge >= 0.3 is 5.63 Å². The van der Waals surface area contributed by atoms with Crippen LogP contribution in [-0.2, 0) is 17.6 Å². The van der Waals surface area contributed by atoms with E-state index in [9.17, 15) is 14.4 Å². The standard InChI is InChI=1S/C20H22N2O4/c1-11(2)4-6-15-8-12(3)18(20(25)26-15)19(24)21-14-5-7-16-13(9-14)10-17(23)22-16/h5,7-9,11H,4,6,10H2,1-3H3,(H,21,24)(H,22,23). The second kappa shape index (κ2) is 7.15. The van der Waals surface area contributed by atoms with Gasteiger partial charge < -0.3 is 15.1 Å². The molecule has 1 aromatic heterocycles. The average molecular weight is 354 g/mol. The van der Waals surface area contributed by atoms with Crippen molar-refractivity contribution in [3.8, 4) is 0 Å². The second-order valence-corrected chi connectivity index (χ2v) is 7.04. The van der Waals surface area contributed by atoms with Crippen molar-refractivity contribution in [2.45, 2.75) is 40.0 Å². The number of carbonyl (C=O) groups excluding carboxylic acids is 2. The van der Waals surface area contributed by atoms with Crippen molar-refractivity contribution in [3.05, 3.63) is 57.1 Å². The Hall–Kier alpha value is -2.89. The molecule has 1 aliphatic rings. The molecule has 2 aromatic rings. The Balaban J connectivity index is 1.79. The Kier molecular flexibility index (Phi) is 4.93. The van der Waals surface area contributed by atoms with Gasteiger partial charge in [0.15, 0.2) is 0 Å². The van der Waals surface area contributed by atoms with E-state index < -0.39 is 11.5 Å². The predicted molar refractivity (Wildman–Crippen MR) is 99.6 cm³/mol. The molecule has 2 heterocycles. The summed E-state index contributed by atoms with van der Waals surface area (Å²) >= 11 is 0. The minimum Gasteiger partial charge on any atom is -0.427 e. The number of benzene rings is 1. The molecule has 0 saturated heterocycles. The van der Waals surface area contributed by atoms with Crippen LogP contribution in [0.15, 0.2) is 33.5 Å². The molecular formula is C20H22N2O4. The van der Waals surface area contributed by atoms with Crippen LogP contribution in [0.5, 0.6) is 0 Å². The minimum atomic E-state index is -0.626. The van der Waals surface area contributed by atoms with Crippen molar-refractivity contribution in [1.82, 2.24) is 0 Å². The molecule has 6 heteroatoms. The average Bonchev–Trinajstić information content (AvgIpc) is 2.91. The largest absolute Gasteiger partial charge is 0.427 e. The van der Waals surface area contributed by atoms with E-state index in [0.29, 0.717) is 29.3 Å². The quantitative estimate of drug-likeness (QED) is 0.862. The van der Waals surface area contributed by atoms with Gasteiger partial charge in [0.25, 0.3) is 5.91 Å². The monoisotopic (exact) mass is 354 g/mol. The van der Waals surface area contributed by atoms with Crippen LogP contribution in [0.3, 0.4) is 0 Å². The van der Waals surface area contributed by atoms with E-state index >= 15 is 0 Å². The van der Waals surface area contributed by atoms with Crippen LogP contribution in [0.4, 0.5) is 11.4 Å². The van der Waals surface area contributed by atoms with E-state index in [1.54, 1.807) is 31.2 Å². The zero-order valence-electron chi connectivity index (χ0n) is 15.1. The molecule has 2 N–H and O–H groups in total. The van der Waals surface area contributed by atoms with Gasteiger partial charge in [-0.05, 0) is 54.7 Å². The van der Waals surface area contributed by atoms with E-state index in [4.69, 9.17) is 4.42 Å². The minimum absolute atomic E-state index is 0.00740. The Labute approximate surface area is 151 Å². The number of fused-ring (bicyclic) bond motifs is 1. The van der Waals surface area contributed by atoms with E-state index in [-0.39, 0.29) is 17.9 Å². The second-order valence-electron chi connectivity index (χ2n) is 7.04. The molecule has 0 bridgehead atoms. The molecule has 0 atom stereocenters. The highest BCUT2D eigenvalue weighted by atomic mass is 16.4. The van der Waals surface area contributed by atoms with Crippen LogP contribution in [0.2, 0.25) is 0 Å². The molecule has 136 valence electrons. The van der Waals surface area contributed by atoms with Gasteiger partial charge in [0, 0.05) is 17.8 Å². The molecule has 1 aliphatic heterocycles. The highest BCUT2D eigenvalue weighted by Crippen LogP contribution is 2.26. The maximum Gasteiger partial charge on any atom is 0.349 e. The molecule has 26 heavy (non-hydrogen) atoms. The van der Waals surface area contributed by atoms with Crippen LogP contribution >= 0.6 is 0 Å². The fourth-order valence-corrected chi connectivity index (χ4v) is 3.00. The molecule has 0 fully saturated rings. The number of nitrogens with one attached hydrogen (secondary N) is 2. The van der Waals surface area contributed by atoms with Crippen molar-refractivity contribution in [2.75, 3.05) is 10.6 Å². The summed E-state index contributed by atoms with van der Waals surface area (Å²) in [5.41, 5.74) is 2.08. The molecule has 3 rings (SSSR count). The van der Waals surface area contributed by atoms with Crippen LogP contribution in [0.25, 0.3) is 0 Å². The molecule has 0 spiro atoms. The normalized spacial score (nSPS) is 12.8. The van der Waals surface area contributed by atoms with Crippen LogP contribution in [0.1, 0.15) is 47.5 Å². The summed E-state index contributed by atoms with van der Waals surface area (Å²) in [5, 5.41) is 5.45. The van der Waals surface area contributed by atoms with Gasteiger partial charge in [0.2, 0.25) is 5.91 Å². The number of anilines is 2. The third kappa shape index (κ3) is 3.85. The third-order valence-electron chi connectivity index (χ3n) is 4.38. The Morgan fingerprint density at radius 1 is 1.27 bits per heavy atom. The van der Waals surface area contributed by atoms with E-state index in [1.807, 2.05) is 0 Å². The van der Waals surface area contributed by atoms with Crippen LogP contribution in [0, 0.1) is 12.8 Å². The first-order valence-corrected chi connectivity index (χ1v) is 8.71. The summed E-state index contributed by atoms with van der Waals surface area (Å²) in [6.45, 7) is 5.94. The van der Waals surface area contributed by atoms with Crippen molar-refractivity contribution >= 4 is 23.2 Å². The molecule has 0 aliphatic carbocycles. The van der Waals surface area contributed by atoms with Gasteiger partial charge in [-0.15, -0.1) is 0 Å². The van der Waals surface area contributed by atoms with E-state index in [0.717, 1.165) is 17.7 Å². The number of amides is 2. The fourth-order valence-electron chi connectivity index (χ4n) is 3.00. The zero-order chi connectivity index (χ0) is 18.8. The highest BCUT2D eigenvalue weighted by molar-refractivity contribution is 6.06. The third-order valence-corrected chi connectivity index (χ3v) is 4.38. The Morgan fingerprint density at radius 2 is 2.04 bits per heavy atom. The predicted octanol–water partition coefficient (Wildman–Crippen LogP) is 3.28. The first-order chi connectivity index (χ1) is 12.3. The van der Waals surface area contributed by atoms with Crippen molar-refractivity contribution in [2.24, 2.45) is 5.92 Å². The maximum atomic E-state index is 12.5. The molecule has 6 nitrogen and oxygen atoms in total. The van der Waals surface area contributed by atoms with Gasteiger partial charge in [-0.1, -0.05) is 13.8 Å². The molecule has 1 aromatic carbocycles. The van der Waals surface area contributed by atoms with Gasteiger partial charge in [0.1, 0.15) is 11.3 Å². The Morgan fingerprint density at radius 3 is 2.73 bits per heavy atom. The van der Waals surface area contributed by atoms with Crippen LogP contribution in [-0.4, -0.2) is 11.8 Å². The fraction of sp³-hybridized carbons (Fsp3) is 0.350. The van der Waals surface area contributed by atoms with Gasteiger partial charge in [-0.25, -0.2) is 4.79 Å². The molecule has 0 saturated carbocycles. The number of rotatable bonds is 5. The summed E-state index contributed by atoms with van der Waals surface area (Å²) in [7, 11) is 0. The molecule has 0 unspecified atom stereocenters. The first-order valence-electron chi connectivity index (χ1n) is 8.71. The summed E-state index contributed by atoms with van der Waals surface area (Å²) in [4.78, 5) is 36.2. The van der Waals surface area contributed by atoms with Crippen LogP contribution < -0.4 is 16.3 Å². The van der Waals surface area contributed by atoms with Gasteiger partial charge in [0.05, 0.1) is 6.42 Å². The van der Waals surface area contributed by atoms with Crippen molar-refractivity contribution in [3.63, 3.8) is 0 Å². The lowest BCUT2D eigenvalue weighted by Crippen LogP contribution is -2.23. The topological polar surface area (TPSA) is 88.4 Å². The summed E-state index contributed by atoms with van der Waals surface area (Å²) in [6, 6.07) is 6.92. The number of hydrogen-bond donors (Lipinski definition) is 2. The SMILES string of the molecule is Cc1cc(CCC(C)C)oc(=O)c1C(=O)Nc1ccc2c(c1)CC(=O)N2. The number of carbonyl (C=O) groups is 2. The number of aryl methyl sites for hydroxylation is 2. The number of hydrogen-bond acceptors (Lipinski definition) is 4. The van der Waals surface area contributed by atoms with Crippen molar-refractivity contribution < 1.29 is 14.0 Å². The molecular weight excluding hydrogens is 332 g/mol. The smallest absolute Gasteiger partial charge is 0.349 e. The lowest BCUT2D eigenvalue weighted by atomic mass is 10.0. The lowest BCUT2D eigenvalue weighted by Gasteiger charge is -2.10. The van der Waals surface area contributed by atoms with Crippen molar-refractivity contribution in [1.29, 1.82) is 0 Å². The summed E-state index contributed by atoms with van der Waals surface area (Å²) < 4.78 is 5.32. The Bertz CT molecular complexity index is 928. The van der Waals surface area contributed by atoms with E-state index in [1.165, 1.54) is 0 Å². The summed E-state index contributed by atoms with van der Waals surface area (Å²) in [6.07, 6.45) is 1.86. The van der Waals surface area contributed by atoms with E-state index in [2.05, 4.69) is 24.5 Å². The highest BCUT2D eigenvalue weighted by Gasteiger charge is 2.20. The summed E-state index contributed by atoms with van der Waals surface area (Å²) in [5.74, 6) is 0.519. The zero-order valence-corrected chi connectivity index (χ0v) is 15.1. The molecule has 2 amide bonds.